The fraction of sp³-hybridized carbons (Fsp3) is 0.650. The van der Waals surface area contributed by atoms with Gasteiger partial charge in [0.25, 0.3) is 0 Å². The molecule has 0 atom stereocenters. The monoisotopic (exact) mass is 379 g/mol. The molecule has 1 aliphatic rings. The lowest BCUT2D eigenvalue weighted by Crippen LogP contribution is -2.38. The minimum Gasteiger partial charge on any atom is -0.357 e. The Kier molecular flexibility index (Phi) is 9.23. The normalized spacial score (nSPS) is 17.2. The van der Waals surface area contributed by atoms with Crippen molar-refractivity contribution in [2.24, 2.45) is 4.99 Å². The summed E-state index contributed by atoms with van der Waals surface area (Å²) in [6.07, 6.45) is 2.37. The van der Waals surface area contributed by atoms with Crippen LogP contribution >= 0.6 is 11.6 Å². The summed E-state index contributed by atoms with van der Waals surface area (Å²) in [7, 11) is 4.29. The Labute approximate surface area is 164 Å². The van der Waals surface area contributed by atoms with E-state index in [2.05, 4.69) is 47.1 Å². The third-order valence-electron chi connectivity index (χ3n) is 4.71. The largest absolute Gasteiger partial charge is 0.357 e. The van der Waals surface area contributed by atoms with Gasteiger partial charge in [-0.2, -0.15) is 0 Å². The van der Waals surface area contributed by atoms with Crippen LogP contribution in [0.15, 0.2) is 29.3 Å². The van der Waals surface area contributed by atoms with Crippen molar-refractivity contribution in [1.82, 2.24) is 20.0 Å². The van der Waals surface area contributed by atoms with Crippen molar-refractivity contribution in [1.29, 1.82) is 0 Å². The average Bonchev–Trinajstić information content (AvgIpc) is 2.82. The summed E-state index contributed by atoms with van der Waals surface area (Å²) in [5.74, 6) is 0.961. The Bertz CT molecular complexity index is 563. The predicted octanol–water partition coefficient (Wildman–Crippen LogP) is 2.76. The third-order valence-corrected chi connectivity index (χ3v) is 4.95. The second kappa shape index (κ2) is 11.4. The standard InChI is InChI=1S/C20H34ClN5/c1-4-22-20(25(3)17-18-8-5-9-19(21)16-18)23-10-6-12-26-13-7-11-24(2)14-15-26/h5,8-9,16H,4,6-7,10-15,17H2,1-3H3,(H,22,23). The molecule has 1 aromatic carbocycles. The van der Waals surface area contributed by atoms with E-state index in [0.29, 0.717) is 0 Å². The van der Waals surface area contributed by atoms with Gasteiger partial charge in [-0.3, -0.25) is 4.99 Å². The van der Waals surface area contributed by atoms with Crippen molar-refractivity contribution < 1.29 is 0 Å². The molecule has 0 bridgehead atoms. The van der Waals surface area contributed by atoms with Crippen molar-refractivity contribution >= 4 is 17.6 Å². The maximum Gasteiger partial charge on any atom is 0.193 e. The Morgan fingerprint density at radius 3 is 2.88 bits per heavy atom. The fourth-order valence-corrected chi connectivity index (χ4v) is 3.47. The van der Waals surface area contributed by atoms with Gasteiger partial charge in [-0.05, 0) is 64.1 Å². The molecule has 1 N–H and O–H groups in total. The zero-order valence-electron chi connectivity index (χ0n) is 16.5. The highest BCUT2D eigenvalue weighted by molar-refractivity contribution is 6.30. The summed E-state index contributed by atoms with van der Waals surface area (Å²) in [6, 6.07) is 8.01. The number of halogens is 1. The minimum atomic E-state index is 0.779. The van der Waals surface area contributed by atoms with Crippen LogP contribution in [0.1, 0.15) is 25.3 Å². The van der Waals surface area contributed by atoms with E-state index in [1.54, 1.807) is 0 Å². The summed E-state index contributed by atoms with van der Waals surface area (Å²) < 4.78 is 0. The number of hydrogen-bond donors (Lipinski definition) is 1. The maximum atomic E-state index is 6.09. The summed E-state index contributed by atoms with van der Waals surface area (Å²) in [4.78, 5) is 12.0. The molecule has 0 spiro atoms. The molecule has 1 heterocycles. The van der Waals surface area contributed by atoms with E-state index in [-0.39, 0.29) is 0 Å². The van der Waals surface area contributed by atoms with E-state index >= 15 is 0 Å². The lowest BCUT2D eigenvalue weighted by atomic mass is 10.2. The van der Waals surface area contributed by atoms with Gasteiger partial charge in [-0.15, -0.1) is 0 Å². The fourth-order valence-electron chi connectivity index (χ4n) is 3.26. The first-order valence-corrected chi connectivity index (χ1v) is 10.1. The Morgan fingerprint density at radius 1 is 1.27 bits per heavy atom. The van der Waals surface area contributed by atoms with Crippen LogP contribution in [-0.2, 0) is 6.54 Å². The molecule has 0 aromatic heterocycles. The Balaban J connectivity index is 1.81. The highest BCUT2D eigenvalue weighted by atomic mass is 35.5. The lowest BCUT2D eigenvalue weighted by molar-refractivity contribution is 0.275. The molecule has 0 saturated carbocycles. The molecule has 146 valence electrons. The van der Waals surface area contributed by atoms with Crippen molar-refractivity contribution in [2.45, 2.75) is 26.3 Å². The summed E-state index contributed by atoms with van der Waals surface area (Å²) in [6.45, 7) is 10.5. The molecule has 1 aliphatic heterocycles. The van der Waals surface area contributed by atoms with E-state index < -0.39 is 0 Å². The van der Waals surface area contributed by atoms with Gasteiger partial charge in [-0.25, -0.2) is 0 Å². The molecular formula is C20H34ClN5. The SMILES string of the molecule is CCNC(=NCCCN1CCCN(C)CC1)N(C)Cc1cccc(Cl)c1. The molecule has 2 rings (SSSR count). The highest BCUT2D eigenvalue weighted by Crippen LogP contribution is 2.12. The lowest BCUT2D eigenvalue weighted by Gasteiger charge is -2.23. The van der Waals surface area contributed by atoms with Crippen LogP contribution in [0.2, 0.25) is 5.02 Å². The molecule has 0 amide bonds. The number of nitrogens with zero attached hydrogens (tertiary/aromatic N) is 4. The number of hydrogen-bond acceptors (Lipinski definition) is 3. The smallest absolute Gasteiger partial charge is 0.193 e. The topological polar surface area (TPSA) is 34.1 Å². The Hall–Kier alpha value is -1.30. The average molecular weight is 380 g/mol. The quantitative estimate of drug-likeness (QED) is 0.448. The number of aliphatic imine (C=N–C) groups is 1. The van der Waals surface area contributed by atoms with Gasteiger partial charge in [0.1, 0.15) is 0 Å². The van der Waals surface area contributed by atoms with Gasteiger partial charge in [0, 0.05) is 44.8 Å². The van der Waals surface area contributed by atoms with Crippen LogP contribution in [0.3, 0.4) is 0 Å². The molecule has 0 radical (unpaired) electrons. The zero-order valence-corrected chi connectivity index (χ0v) is 17.3. The van der Waals surface area contributed by atoms with Crippen LogP contribution in [0.25, 0.3) is 0 Å². The highest BCUT2D eigenvalue weighted by Gasteiger charge is 2.11. The van der Waals surface area contributed by atoms with Gasteiger partial charge in [0.05, 0.1) is 0 Å². The van der Waals surface area contributed by atoms with Crippen molar-refractivity contribution in [2.75, 3.05) is 59.9 Å². The minimum absolute atomic E-state index is 0.779. The molecule has 6 heteroatoms. The van der Waals surface area contributed by atoms with Gasteiger partial charge in [0.2, 0.25) is 0 Å². The summed E-state index contributed by atoms with van der Waals surface area (Å²) in [5.41, 5.74) is 1.19. The molecule has 1 fully saturated rings. The number of guanidine groups is 1. The van der Waals surface area contributed by atoms with Crippen LogP contribution in [0, 0.1) is 0 Å². The van der Waals surface area contributed by atoms with E-state index in [9.17, 15) is 0 Å². The molecule has 5 nitrogen and oxygen atoms in total. The number of nitrogens with one attached hydrogen (secondary N) is 1. The van der Waals surface area contributed by atoms with Gasteiger partial charge >= 0.3 is 0 Å². The van der Waals surface area contributed by atoms with Gasteiger partial charge in [-0.1, -0.05) is 23.7 Å². The van der Waals surface area contributed by atoms with Gasteiger partial charge in [0.15, 0.2) is 5.96 Å². The third kappa shape index (κ3) is 7.52. The number of likely N-dealkylation sites (N-methyl/N-ethyl adjacent to an activating group) is 1. The molecule has 1 aromatic rings. The summed E-state index contributed by atoms with van der Waals surface area (Å²) >= 11 is 6.09. The molecule has 0 aliphatic carbocycles. The second-order valence-electron chi connectivity index (χ2n) is 7.07. The first-order chi connectivity index (χ1) is 12.6. The van der Waals surface area contributed by atoms with E-state index in [4.69, 9.17) is 16.6 Å². The molecular weight excluding hydrogens is 346 g/mol. The first-order valence-electron chi connectivity index (χ1n) is 9.73. The van der Waals surface area contributed by atoms with E-state index in [0.717, 1.165) is 43.6 Å². The van der Waals surface area contributed by atoms with Crippen molar-refractivity contribution in [3.63, 3.8) is 0 Å². The molecule has 26 heavy (non-hydrogen) atoms. The van der Waals surface area contributed by atoms with E-state index in [1.807, 2.05) is 18.2 Å². The molecule has 0 unspecified atom stereocenters. The van der Waals surface area contributed by atoms with Gasteiger partial charge < -0.3 is 20.0 Å². The summed E-state index contributed by atoms with van der Waals surface area (Å²) in [5, 5.41) is 4.17. The van der Waals surface area contributed by atoms with Crippen LogP contribution in [0.4, 0.5) is 0 Å². The predicted molar refractivity (Wildman–Crippen MR) is 112 cm³/mol. The van der Waals surface area contributed by atoms with E-state index in [1.165, 1.54) is 38.2 Å². The first kappa shape index (κ1) is 21.0. The van der Waals surface area contributed by atoms with Crippen LogP contribution < -0.4 is 5.32 Å². The molecule has 1 saturated heterocycles. The maximum absolute atomic E-state index is 6.09. The zero-order chi connectivity index (χ0) is 18.8. The van der Waals surface area contributed by atoms with Crippen LogP contribution in [0.5, 0.6) is 0 Å². The Morgan fingerprint density at radius 2 is 2.12 bits per heavy atom. The van der Waals surface area contributed by atoms with Crippen molar-refractivity contribution in [3.05, 3.63) is 34.9 Å². The van der Waals surface area contributed by atoms with Crippen LogP contribution in [-0.4, -0.2) is 80.6 Å². The van der Waals surface area contributed by atoms with Crippen molar-refractivity contribution in [3.8, 4) is 0 Å². The number of rotatable bonds is 7. The number of benzene rings is 1. The second-order valence-corrected chi connectivity index (χ2v) is 7.51.